The maximum Gasteiger partial charge on any atom is 0.220 e. The third kappa shape index (κ3) is 37.9. The highest BCUT2D eigenvalue weighted by Crippen LogP contribution is 2.15. The molecule has 3 N–H and O–H groups in total. The van der Waals surface area contributed by atoms with Gasteiger partial charge < -0.3 is 15.5 Å². The maximum atomic E-state index is 12.3. The van der Waals surface area contributed by atoms with Crippen molar-refractivity contribution < 1.29 is 15.0 Å². The lowest BCUT2D eigenvalue weighted by molar-refractivity contribution is -0.123. The predicted molar refractivity (Wildman–Crippen MR) is 221 cm³/mol. The normalized spacial score (nSPS) is 13.3. The van der Waals surface area contributed by atoms with Crippen LogP contribution in [0.25, 0.3) is 0 Å². The Morgan fingerprint density at radius 3 is 1.16 bits per heavy atom. The van der Waals surface area contributed by atoms with E-state index in [2.05, 4.69) is 43.5 Å². The van der Waals surface area contributed by atoms with E-state index in [1.54, 1.807) is 6.08 Å². The summed E-state index contributed by atoms with van der Waals surface area (Å²) in [6.07, 6.45) is 55.5. The van der Waals surface area contributed by atoms with E-state index in [0.29, 0.717) is 6.42 Å². The highest BCUT2D eigenvalue weighted by atomic mass is 16.3. The van der Waals surface area contributed by atoms with E-state index in [-0.39, 0.29) is 12.5 Å². The Bertz CT molecular complexity index is 760. The van der Waals surface area contributed by atoms with Gasteiger partial charge in [-0.25, -0.2) is 0 Å². The zero-order valence-corrected chi connectivity index (χ0v) is 33.7. The van der Waals surface area contributed by atoms with Gasteiger partial charge in [0.15, 0.2) is 0 Å². The van der Waals surface area contributed by atoms with Crippen molar-refractivity contribution >= 4 is 5.91 Å². The van der Waals surface area contributed by atoms with E-state index in [4.69, 9.17) is 0 Å². The van der Waals surface area contributed by atoms with Gasteiger partial charge in [-0.2, -0.15) is 0 Å². The average molecular weight is 702 g/mol. The zero-order chi connectivity index (χ0) is 36.4. The fraction of sp³-hybridized carbons (Fsp3) is 0.848. The molecule has 0 rings (SSSR count). The van der Waals surface area contributed by atoms with Gasteiger partial charge in [0.2, 0.25) is 5.91 Å². The number of aliphatic hydroxyl groups excluding tert-OH is 2. The molecule has 0 aliphatic rings. The third-order valence-corrected chi connectivity index (χ3v) is 10.1. The minimum absolute atomic E-state index is 0.0825. The Morgan fingerprint density at radius 2 is 0.780 bits per heavy atom. The van der Waals surface area contributed by atoms with Gasteiger partial charge in [-0.05, 0) is 57.8 Å². The van der Waals surface area contributed by atoms with Crippen molar-refractivity contribution in [1.82, 2.24) is 5.32 Å². The molecule has 0 bridgehead atoms. The predicted octanol–water partition coefficient (Wildman–Crippen LogP) is 13.8. The Balaban J connectivity index is 3.59. The van der Waals surface area contributed by atoms with Crippen LogP contribution in [0.4, 0.5) is 0 Å². The number of hydrogen-bond donors (Lipinski definition) is 3. The van der Waals surface area contributed by atoms with Crippen LogP contribution in [0.5, 0.6) is 0 Å². The maximum absolute atomic E-state index is 12.3. The largest absolute Gasteiger partial charge is 0.394 e. The SMILES string of the molecule is CCCCCCC/C=C\CCCCCCCC(=O)NC(CO)C(O)/C=C/CC/C=C/CCCCCCCCCCCCCCCCCCCC. The van der Waals surface area contributed by atoms with Crippen LogP contribution in [0, 0.1) is 0 Å². The molecule has 0 aliphatic heterocycles. The molecule has 0 radical (unpaired) electrons. The molecule has 294 valence electrons. The lowest BCUT2D eigenvalue weighted by Gasteiger charge is -2.19. The number of amides is 1. The van der Waals surface area contributed by atoms with E-state index < -0.39 is 12.1 Å². The summed E-state index contributed by atoms with van der Waals surface area (Å²) >= 11 is 0. The molecule has 0 aromatic rings. The van der Waals surface area contributed by atoms with Crippen LogP contribution >= 0.6 is 0 Å². The smallest absolute Gasteiger partial charge is 0.220 e. The van der Waals surface area contributed by atoms with Gasteiger partial charge in [0.05, 0.1) is 18.8 Å². The molecule has 0 aromatic heterocycles. The first-order chi connectivity index (χ1) is 24.7. The second-order valence-corrected chi connectivity index (χ2v) is 15.1. The first-order valence-corrected chi connectivity index (χ1v) is 22.2. The molecule has 0 spiro atoms. The van der Waals surface area contributed by atoms with Gasteiger partial charge in [-0.1, -0.05) is 204 Å². The Kier molecular flexibility index (Phi) is 40.9. The molecule has 2 unspecified atom stereocenters. The second kappa shape index (κ2) is 42.0. The summed E-state index contributed by atoms with van der Waals surface area (Å²) in [5.74, 6) is -0.0825. The number of allylic oxidation sites excluding steroid dienone is 5. The van der Waals surface area contributed by atoms with Crippen LogP contribution in [-0.2, 0) is 4.79 Å². The average Bonchev–Trinajstić information content (AvgIpc) is 3.12. The summed E-state index contributed by atoms with van der Waals surface area (Å²) in [5.41, 5.74) is 0. The molecule has 4 heteroatoms. The first kappa shape index (κ1) is 48.6. The molecular weight excluding hydrogens is 615 g/mol. The van der Waals surface area contributed by atoms with Crippen molar-refractivity contribution in [2.45, 2.75) is 244 Å². The molecule has 50 heavy (non-hydrogen) atoms. The Morgan fingerprint density at radius 1 is 0.460 bits per heavy atom. The number of hydrogen-bond acceptors (Lipinski definition) is 3. The highest BCUT2D eigenvalue weighted by Gasteiger charge is 2.17. The van der Waals surface area contributed by atoms with Crippen LogP contribution in [0.2, 0.25) is 0 Å². The molecule has 2 atom stereocenters. The number of rotatable bonds is 40. The van der Waals surface area contributed by atoms with Gasteiger partial charge in [0, 0.05) is 6.42 Å². The third-order valence-electron chi connectivity index (χ3n) is 10.1. The molecule has 0 saturated heterocycles. The fourth-order valence-electron chi connectivity index (χ4n) is 6.66. The van der Waals surface area contributed by atoms with Gasteiger partial charge in [0.25, 0.3) is 0 Å². The molecular formula is C46H87NO3. The summed E-state index contributed by atoms with van der Waals surface area (Å²) < 4.78 is 0. The number of carbonyl (C=O) groups excluding carboxylic acids is 1. The lowest BCUT2D eigenvalue weighted by Crippen LogP contribution is -2.45. The molecule has 0 saturated carbocycles. The standard InChI is InChI=1S/C46H87NO3/c1-3-5-7-9-11-13-15-17-19-20-21-22-23-24-25-26-27-28-29-31-33-35-37-39-41-45(49)44(43-48)47-46(50)42-40-38-36-34-32-30-18-16-14-12-10-8-6-4-2/h16,18,31,33,39,41,44-45,48-49H,3-15,17,19-30,32,34-38,40,42-43H2,1-2H3,(H,47,50)/b18-16-,33-31+,41-39+. The quantitative estimate of drug-likeness (QED) is 0.0440. The molecule has 4 nitrogen and oxygen atoms in total. The van der Waals surface area contributed by atoms with Crippen molar-refractivity contribution in [2.75, 3.05) is 6.61 Å². The summed E-state index contributed by atoms with van der Waals surface area (Å²) in [4.78, 5) is 12.3. The number of unbranched alkanes of at least 4 members (excludes halogenated alkanes) is 29. The first-order valence-electron chi connectivity index (χ1n) is 22.2. The Hall–Kier alpha value is -1.39. The summed E-state index contributed by atoms with van der Waals surface area (Å²) in [6.45, 7) is 4.29. The van der Waals surface area contributed by atoms with Crippen LogP contribution in [0.15, 0.2) is 36.5 Å². The number of carbonyl (C=O) groups is 1. The van der Waals surface area contributed by atoms with Crippen molar-refractivity contribution in [3.8, 4) is 0 Å². The van der Waals surface area contributed by atoms with E-state index >= 15 is 0 Å². The molecule has 0 fully saturated rings. The second-order valence-electron chi connectivity index (χ2n) is 15.1. The number of aliphatic hydroxyl groups is 2. The molecule has 0 aliphatic carbocycles. The van der Waals surface area contributed by atoms with Crippen LogP contribution in [0.1, 0.15) is 232 Å². The van der Waals surface area contributed by atoms with E-state index in [9.17, 15) is 15.0 Å². The van der Waals surface area contributed by atoms with Gasteiger partial charge >= 0.3 is 0 Å². The summed E-state index contributed by atoms with van der Waals surface area (Å²) in [5, 5.41) is 23.0. The van der Waals surface area contributed by atoms with Crippen molar-refractivity contribution in [1.29, 1.82) is 0 Å². The monoisotopic (exact) mass is 702 g/mol. The van der Waals surface area contributed by atoms with Crippen LogP contribution in [-0.4, -0.2) is 34.9 Å². The fourth-order valence-corrected chi connectivity index (χ4v) is 6.66. The summed E-state index contributed by atoms with van der Waals surface area (Å²) in [6, 6.07) is -0.641. The lowest BCUT2D eigenvalue weighted by atomic mass is 10.0. The van der Waals surface area contributed by atoms with Crippen LogP contribution in [0.3, 0.4) is 0 Å². The highest BCUT2D eigenvalue weighted by molar-refractivity contribution is 5.76. The number of nitrogens with one attached hydrogen (secondary N) is 1. The van der Waals surface area contributed by atoms with Gasteiger partial charge in [-0.15, -0.1) is 0 Å². The molecule has 0 aromatic carbocycles. The summed E-state index contributed by atoms with van der Waals surface area (Å²) in [7, 11) is 0. The topological polar surface area (TPSA) is 69.6 Å². The van der Waals surface area contributed by atoms with Crippen molar-refractivity contribution in [3.63, 3.8) is 0 Å². The zero-order valence-electron chi connectivity index (χ0n) is 33.7. The van der Waals surface area contributed by atoms with E-state index in [0.717, 1.165) is 44.9 Å². The van der Waals surface area contributed by atoms with Crippen LogP contribution < -0.4 is 5.32 Å². The van der Waals surface area contributed by atoms with Crippen molar-refractivity contribution in [2.24, 2.45) is 0 Å². The molecule has 0 heterocycles. The van der Waals surface area contributed by atoms with E-state index in [1.807, 2.05) is 6.08 Å². The molecule has 1 amide bonds. The van der Waals surface area contributed by atoms with Gasteiger partial charge in [-0.3, -0.25) is 4.79 Å². The van der Waals surface area contributed by atoms with Crippen molar-refractivity contribution in [3.05, 3.63) is 36.5 Å². The minimum Gasteiger partial charge on any atom is -0.394 e. The van der Waals surface area contributed by atoms with E-state index in [1.165, 1.54) is 167 Å². The van der Waals surface area contributed by atoms with Gasteiger partial charge in [0.1, 0.15) is 0 Å². The Labute approximate surface area is 312 Å². The minimum atomic E-state index is -0.864.